The van der Waals surface area contributed by atoms with E-state index in [9.17, 15) is 5.11 Å². The topological polar surface area (TPSA) is 20.2 Å². The summed E-state index contributed by atoms with van der Waals surface area (Å²) >= 11 is 0. The molecule has 1 heteroatoms. The Balaban J connectivity index is 2.54. The number of rotatable bonds is 4. The number of hydrogen-bond donors (Lipinski definition) is 1. The minimum absolute atomic E-state index is 0.0556. The maximum absolute atomic E-state index is 10.2. The van der Waals surface area contributed by atoms with E-state index < -0.39 is 0 Å². The van der Waals surface area contributed by atoms with Gasteiger partial charge in [0.1, 0.15) is 0 Å². The predicted octanol–water partition coefficient (Wildman–Crippen LogP) is 3.36. The lowest BCUT2D eigenvalue weighted by atomic mass is 9.75. The van der Waals surface area contributed by atoms with Crippen molar-refractivity contribution in [1.29, 1.82) is 0 Å². The Hall–Kier alpha value is -0.0400. The van der Waals surface area contributed by atoms with Gasteiger partial charge >= 0.3 is 0 Å². The molecule has 0 aromatic rings. The molecule has 0 saturated heterocycles. The van der Waals surface area contributed by atoms with Gasteiger partial charge in [-0.25, -0.2) is 0 Å². The summed E-state index contributed by atoms with van der Waals surface area (Å²) in [5.41, 5.74) is 0.282. The maximum atomic E-state index is 10.2. The van der Waals surface area contributed by atoms with Crippen LogP contribution in [-0.2, 0) is 0 Å². The van der Waals surface area contributed by atoms with Crippen molar-refractivity contribution >= 4 is 0 Å². The Morgan fingerprint density at radius 2 is 1.77 bits per heavy atom. The summed E-state index contributed by atoms with van der Waals surface area (Å²) in [5.74, 6) is 0.624. The van der Waals surface area contributed by atoms with Gasteiger partial charge in [-0.15, -0.1) is 0 Å². The van der Waals surface area contributed by atoms with Crippen molar-refractivity contribution in [2.24, 2.45) is 11.3 Å². The second-order valence-electron chi connectivity index (χ2n) is 5.07. The van der Waals surface area contributed by atoms with Crippen LogP contribution in [0.15, 0.2) is 0 Å². The van der Waals surface area contributed by atoms with Gasteiger partial charge in [0.2, 0.25) is 0 Å². The monoisotopic (exact) mass is 184 g/mol. The average Bonchev–Trinajstić information content (AvgIpc) is 2.51. The van der Waals surface area contributed by atoms with Crippen molar-refractivity contribution in [3.8, 4) is 0 Å². The highest BCUT2D eigenvalue weighted by molar-refractivity contribution is 4.89. The average molecular weight is 184 g/mol. The first kappa shape index (κ1) is 11.0. The zero-order valence-corrected chi connectivity index (χ0v) is 9.34. The second-order valence-corrected chi connectivity index (χ2v) is 5.07. The van der Waals surface area contributed by atoms with Crippen molar-refractivity contribution in [3.05, 3.63) is 0 Å². The predicted molar refractivity (Wildman–Crippen MR) is 56.7 cm³/mol. The van der Waals surface area contributed by atoms with Crippen molar-refractivity contribution in [2.45, 2.75) is 65.4 Å². The van der Waals surface area contributed by atoms with Gasteiger partial charge < -0.3 is 5.11 Å². The van der Waals surface area contributed by atoms with E-state index in [2.05, 4.69) is 20.8 Å². The molecule has 0 bridgehead atoms. The van der Waals surface area contributed by atoms with Crippen LogP contribution >= 0.6 is 0 Å². The molecule has 1 atom stereocenters. The molecule has 0 aromatic heterocycles. The first-order chi connectivity index (χ1) is 6.10. The third-order valence-corrected chi connectivity index (χ3v) is 3.70. The van der Waals surface area contributed by atoms with Gasteiger partial charge in [-0.3, -0.25) is 0 Å². The second kappa shape index (κ2) is 4.45. The fourth-order valence-corrected chi connectivity index (χ4v) is 2.70. The van der Waals surface area contributed by atoms with Gasteiger partial charge in [-0.1, -0.05) is 33.6 Å². The fourth-order valence-electron chi connectivity index (χ4n) is 2.70. The van der Waals surface area contributed by atoms with E-state index in [1.165, 1.54) is 25.7 Å². The lowest BCUT2D eigenvalue weighted by Gasteiger charge is -2.34. The molecule has 1 aliphatic rings. The lowest BCUT2D eigenvalue weighted by Crippen LogP contribution is -2.33. The Morgan fingerprint density at radius 3 is 2.15 bits per heavy atom. The zero-order valence-electron chi connectivity index (χ0n) is 9.34. The van der Waals surface area contributed by atoms with Crippen LogP contribution in [-0.4, -0.2) is 11.2 Å². The van der Waals surface area contributed by atoms with Gasteiger partial charge in [0.15, 0.2) is 0 Å². The first-order valence-corrected chi connectivity index (χ1v) is 5.79. The molecule has 1 saturated carbocycles. The maximum Gasteiger partial charge on any atom is 0.0598 e. The van der Waals surface area contributed by atoms with E-state index in [0.717, 1.165) is 12.8 Å². The van der Waals surface area contributed by atoms with Crippen molar-refractivity contribution < 1.29 is 5.11 Å². The SMILES string of the molecule is CCC1(C(O)CC(C)C)CCCC1. The molecule has 1 unspecified atom stereocenters. The Morgan fingerprint density at radius 1 is 1.23 bits per heavy atom. The van der Waals surface area contributed by atoms with E-state index in [1.54, 1.807) is 0 Å². The quantitative estimate of drug-likeness (QED) is 0.710. The van der Waals surface area contributed by atoms with Crippen LogP contribution in [0.5, 0.6) is 0 Å². The van der Waals surface area contributed by atoms with Crippen molar-refractivity contribution in [3.63, 3.8) is 0 Å². The summed E-state index contributed by atoms with van der Waals surface area (Å²) in [4.78, 5) is 0. The molecule has 1 rings (SSSR count). The van der Waals surface area contributed by atoms with Crippen LogP contribution < -0.4 is 0 Å². The summed E-state index contributed by atoms with van der Waals surface area (Å²) in [7, 11) is 0. The third-order valence-electron chi connectivity index (χ3n) is 3.70. The third kappa shape index (κ3) is 2.46. The highest BCUT2D eigenvalue weighted by Gasteiger charge is 2.38. The molecular weight excluding hydrogens is 160 g/mol. The minimum Gasteiger partial charge on any atom is -0.393 e. The summed E-state index contributed by atoms with van der Waals surface area (Å²) in [5, 5.41) is 10.2. The largest absolute Gasteiger partial charge is 0.393 e. The minimum atomic E-state index is -0.0556. The summed E-state index contributed by atoms with van der Waals surface area (Å²) in [6.07, 6.45) is 7.22. The highest BCUT2D eigenvalue weighted by atomic mass is 16.3. The van der Waals surface area contributed by atoms with Gasteiger partial charge in [0, 0.05) is 0 Å². The number of aliphatic hydroxyl groups excluding tert-OH is 1. The first-order valence-electron chi connectivity index (χ1n) is 5.79. The molecular formula is C12H24O. The Labute approximate surface area is 82.5 Å². The number of aliphatic hydroxyl groups is 1. The molecule has 1 nitrogen and oxygen atoms in total. The Bertz CT molecular complexity index is 145. The van der Waals surface area contributed by atoms with Crippen LogP contribution in [0.2, 0.25) is 0 Å². The molecule has 0 amide bonds. The van der Waals surface area contributed by atoms with Gasteiger partial charge in [-0.2, -0.15) is 0 Å². The van der Waals surface area contributed by atoms with Crippen LogP contribution in [0, 0.1) is 11.3 Å². The molecule has 0 heterocycles. The Kier molecular flexibility index (Phi) is 3.78. The lowest BCUT2D eigenvalue weighted by molar-refractivity contribution is 0.0103. The fraction of sp³-hybridized carbons (Fsp3) is 1.00. The van der Waals surface area contributed by atoms with Crippen LogP contribution in [0.4, 0.5) is 0 Å². The zero-order chi connectivity index (χ0) is 9.90. The van der Waals surface area contributed by atoms with Crippen molar-refractivity contribution in [2.75, 3.05) is 0 Å². The van der Waals surface area contributed by atoms with Crippen molar-refractivity contribution in [1.82, 2.24) is 0 Å². The summed E-state index contributed by atoms with van der Waals surface area (Å²) in [6.45, 7) is 6.62. The summed E-state index contributed by atoms with van der Waals surface area (Å²) < 4.78 is 0. The molecule has 78 valence electrons. The molecule has 1 fully saturated rings. The number of hydrogen-bond acceptors (Lipinski definition) is 1. The normalized spacial score (nSPS) is 23.8. The highest BCUT2D eigenvalue weighted by Crippen LogP contribution is 2.45. The van der Waals surface area contributed by atoms with E-state index in [0.29, 0.717) is 5.92 Å². The molecule has 0 spiro atoms. The van der Waals surface area contributed by atoms with Crippen LogP contribution in [0.1, 0.15) is 59.3 Å². The summed E-state index contributed by atoms with van der Waals surface area (Å²) in [6, 6.07) is 0. The van der Waals surface area contributed by atoms with Gasteiger partial charge in [0.25, 0.3) is 0 Å². The standard InChI is InChI=1S/C12H24O/c1-4-12(7-5-6-8-12)11(13)9-10(2)3/h10-11,13H,4-9H2,1-3H3. The smallest absolute Gasteiger partial charge is 0.0598 e. The molecule has 1 aliphatic carbocycles. The molecule has 1 N–H and O–H groups in total. The molecule has 13 heavy (non-hydrogen) atoms. The van der Waals surface area contributed by atoms with E-state index in [-0.39, 0.29) is 11.5 Å². The van der Waals surface area contributed by atoms with Gasteiger partial charge in [0.05, 0.1) is 6.10 Å². The molecule has 0 aliphatic heterocycles. The molecule has 0 aromatic carbocycles. The van der Waals surface area contributed by atoms with E-state index in [1.807, 2.05) is 0 Å². The van der Waals surface area contributed by atoms with E-state index in [4.69, 9.17) is 0 Å². The van der Waals surface area contributed by atoms with E-state index >= 15 is 0 Å². The van der Waals surface area contributed by atoms with Crippen LogP contribution in [0.3, 0.4) is 0 Å². The van der Waals surface area contributed by atoms with Gasteiger partial charge in [-0.05, 0) is 37.0 Å². The molecule has 0 radical (unpaired) electrons. The van der Waals surface area contributed by atoms with Crippen LogP contribution in [0.25, 0.3) is 0 Å².